The third kappa shape index (κ3) is 6.43. The zero-order chi connectivity index (χ0) is 24.2. The third-order valence-corrected chi connectivity index (χ3v) is 4.84. The number of hydrogen-bond donors (Lipinski definition) is 2. The minimum absolute atomic E-state index is 0.168. The molecule has 0 spiro atoms. The number of nitrogens with two attached hydrogens (primary N) is 2. The van der Waals surface area contributed by atoms with Crippen LogP contribution in [0.2, 0.25) is 5.02 Å². The predicted octanol–water partition coefficient (Wildman–Crippen LogP) is 3.78. The third-order valence-electron chi connectivity index (χ3n) is 4.54. The number of halogens is 1. The van der Waals surface area contributed by atoms with E-state index in [4.69, 9.17) is 27.8 Å². The van der Waals surface area contributed by atoms with Gasteiger partial charge in [-0.3, -0.25) is 9.59 Å². The van der Waals surface area contributed by atoms with Crippen molar-refractivity contribution in [3.05, 3.63) is 70.9 Å². The van der Waals surface area contributed by atoms with Gasteiger partial charge in [0.2, 0.25) is 0 Å². The maximum absolute atomic E-state index is 13.5. The fraction of sp³-hybridized carbons (Fsp3) is 0.250. The molecule has 3 rings (SSSR count). The highest BCUT2D eigenvalue weighted by atomic mass is 35.5. The number of nitrogens with zero attached hydrogens (tertiary/aromatic N) is 3. The molecule has 1 aromatic heterocycles. The molecule has 8 nitrogen and oxygen atoms in total. The van der Waals surface area contributed by atoms with E-state index >= 15 is 0 Å². The Hall–Kier alpha value is -3.65. The van der Waals surface area contributed by atoms with Crippen molar-refractivity contribution in [2.24, 2.45) is 16.5 Å². The number of rotatable bonds is 6. The van der Waals surface area contributed by atoms with Crippen molar-refractivity contribution >= 4 is 46.0 Å². The first kappa shape index (κ1) is 24.0. The van der Waals surface area contributed by atoms with E-state index in [0.29, 0.717) is 21.4 Å². The van der Waals surface area contributed by atoms with E-state index in [9.17, 15) is 9.59 Å². The first-order valence-electron chi connectivity index (χ1n) is 10.3. The van der Waals surface area contributed by atoms with Gasteiger partial charge in [-0.1, -0.05) is 48.0 Å². The van der Waals surface area contributed by atoms with E-state index in [1.807, 2.05) is 30.3 Å². The summed E-state index contributed by atoms with van der Waals surface area (Å²) in [6, 6.07) is 14.4. The van der Waals surface area contributed by atoms with Gasteiger partial charge >= 0.3 is 5.97 Å². The Labute approximate surface area is 197 Å². The van der Waals surface area contributed by atoms with Gasteiger partial charge in [-0.2, -0.15) is 4.99 Å². The van der Waals surface area contributed by atoms with Crippen molar-refractivity contribution in [2.45, 2.75) is 32.9 Å². The Kier molecular flexibility index (Phi) is 7.18. The predicted molar refractivity (Wildman–Crippen MR) is 129 cm³/mol. The van der Waals surface area contributed by atoms with Gasteiger partial charge in [-0.25, -0.2) is 4.98 Å². The SMILES string of the molecule is CC(C)(C)OC(=O)CN(Cc1ccccc1)C(=O)c1ccc2c(Cl)cnc(N=C(N)N)c2c1. The quantitative estimate of drug-likeness (QED) is 0.323. The second-order valence-corrected chi connectivity index (χ2v) is 8.87. The van der Waals surface area contributed by atoms with Crippen molar-refractivity contribution in [1.29, 1.82) is 0 Å². The molecule has 0 aliphatic heterocycles. The van der Waals surface area contributed by atoms with Crippen LogP contribution < -0.4 is 11.5 Å². The largest absolute Gasteiger partial charge is 0.459 e. The average molecular weight is 468 g/mol. The fourth-order valence-corrected chi connectivity index (χ4v) is 3.47. The van der Waals surface area contributed by atoms with Gasteiger partial charge in [0.05, 0.1) is 5.02 Å². The van der Waals surface area contributed by atoms with Crippen LogP contribution in [0.5, 0.6) is 0 Å². The molecule has 33 heavy (non-hydrogen) atoms. The van der Waals surface area contributed by atoms with Crippen LogP contribution >= 0.6 is 11.6 Å². The number of ether oxygens (including phenoxy) is 1. The first-order valence-corrected chi connectivity index (χ1v) is 10.6. The summed E-state index contributed by atoms with van der Waals surface area (Å²) >= 11 is 6.27. The highest BCUT2D eigenvalue weighted by Crippen LogP contribution is 2.30. The summed E-state index contributed by atoms with van der Waals surface area (Å²) in [5, 5.41) is 1.55. The molecular formula is C24H26ClN5O3. The number of hydrogen-bond acceptors (Lipinski definition) is 5. The van der Waals surface area contributed by atoms with E-state index in [1.165, 1.54) is 11.1 Å². The molecule has 0 fully saturated rings. The number of carbonyl (C=O) groups excluding carboxylic acids is 2. The van der Waals surface area contributed by atoms with Crippen LogP contribution in [0.15, 0.2) is 59.7 Å². The fourth-order valence-electron chi connectivity index (χ4n) is 3.25. The van der Waals surface area contributed by atoms with Gasteiger partial charge in [-0.05, 0) is 38.5 Å². The zero-order valence-corrected chi connectivity index (χ0v) is 19.5. The Morgan fingerprint density at radius 1 is 1.09 bits per heavy atom. The van der Waals surface area contributed by atoms with Crippen molar-refractivity contribution in [3.8, 4) is 0 Å². The molecule has 1 heterocycles. The molecule has 1 amide bonds. The number of esters is 1. The van der Waals surface area contributed by atoms with Gasteiger partial charge in [-0.15, -0.1) is 0 Å². The van der Waals surface area contributed by atoms with Crippen LogP contribution in [-0.2, 0) is 16.1 Å². The topological polar surface area (TPSA) is 124 Å². The summed E-state index contributed by atoms with van der Waals surface area (Å²) in [5.74, 6) is -0.787. The Morgan fingerprint density at radius 2 is 1.79 bits per heavy atom. The summed E-state index contributed by atoms with van der Waals surface area (Å²) in [5.41, 5.74) is 11.6. The summed E-state index contributed by atoms with van der Waals surface area (Å²) in [6.45, 7) is 5.35. The molecule has 3 aromatic rings. The second-order valence-electron chi connectivity index (χ2n) is 8.46. The lowest BCUT2D eigenvalue weighted by atomic mass is 10.1. The van der Waals surface area contributed by atoms with Crippen molar-refractivity contribution < 1.29 is 14.3 Å². The van der Waals surface area contributed by atoms with Crippen molar-refractivity contribution in [3.63, 3.8) is 0 Å². The van der Waals surface area contributed by atoms with Crippen LogP contribution in [0.3, 0.4) is 0 Å². The van der Waals surface area contributed by atoms with E-state index < -0.39 is 11.6 Å². The number of carbonyl (C=O) groups is 2. The van der Waals surface area contributed by atoms with Crippen LogP contribution in [-0.4, -0.2) is 39.9 Å². The molecule has 0 saturated carbocycles. The molecule has 0 saturated heterocycles. The summed E-state index contributed by atoms with van der Waals surface area (Å²) < 4.78 is 5.43. The van der Waals surface area contributed by atoms with Gasteiger partial charge < -0.3 is 21.1 Å². The minimum atomic E-state index is -0.668. The second kappa shape index (κ2) is 9.87. The van der Waals surface area contributed by atoms with Gasteiger partial charge in [0.15, 0.2) is 11.8 Å². The minimum Gasteiger partial charge on any atom is -0.459 e. The number of aliphatic imine (C=N–C) groups is 1. The Balaban J connectivity index is 2.00. The average Bonchev–Trinajstić information content (AvgIpc) is 2.73. The van der Waals surface area contributed by atoms with Gasteiger partial charge in [0.1, 0.15) is 12.1 Å². The monoisotopic (exact) mass is 467 g/mol. The number of fused-ring (bicyclic) bond motifs is 1. The molecule has 0 aliphatic carbocycles. The van der Waals surface area contributed by atoms with Crippen molar-refractivity contribution in [2.75, 3.05) is 6.54 Å². The standard InChI is InChI=1S/C24H26ClN5O3/c1-24(2,3)33-20(31)14-30(13-15-7-5-4-6-8-15)22(32)16-9-10-17-18(11-16)21(29-23(26)27)28-12-19(17)25/h4-12H,13-14H2,1-3H3,(H4,26,27,28,29). The van der Waals surface area contributed by atoms with Crippen molar-refractivity contribution in [1.82, 2.24) is 9.88 Å². The lowest BCUT2D eigenvalue weighted by Crippen LogP contribution is -2.38. The summed E-state index contributed by atoms with van der Waals surface area (Å²) in [7, 11) is 0. The van der Waals surface area contributed by atoms with E-state index in [0.717, 1.165) is 5.56 Å². The molecule has 2 aromatic carbocycles. The molecule has 172 valence electrons. The number of pyridine rings is 1. The Bertz CT molecular complexity index is 1200. The van der Waals surface area contributed by atoms with E-state index in [-0.39, 0.29) is 30.8 Å². The number of amides is 1. The number of benzene rings is 2. The normalized spacial score (nSPS) is 11.2. The number of aromatic nitrogens is 1. The van der Waals surface area contributed by atoms with Gasteiger partial charge in [0.25, 0.3) is 5.91 Å². The highest BCUT2D eigenvalue weighted by Gasteiger charge is 2.24. The first-order chi connectivity index (χ1) is 15.5. The van der Waals surface area contributed by atoms with Crippen LogP contribution in [0.1, 0.15) is 36.7 Å². The Morgan fingerprint density at radius 3 is 2.42 bits per heavy atom. The highest BCUT2D eigenvalue weighted by molar-refractivity contribution is 6.35. The zero-order valence-electron chi connectivity index (χ0n) is 18.7. The summed E-state index contributed by atoms with van der Waals surface area (Å²) in [6.07, 6.45) is 1.44. The molecule has 0 aliphatic rings. The smallest absolute Gasteiger partial charge is 0.326 e. The molecule has 0 atom stereocenters. The summed E-state index contributed by atoms with van der Waals surface area (Å²) in [4.78, 5) is 35.7. The molecule has 0 radical (unpaired) electrons. The van der Waals surface area contributed by atoms with Gasteiger partial charge in [0, 0.05) is 29.1 Å². The lowest BCUT2D eigenvalue weighted by Gasteiger charge is -2.25. The molecule has 0 unspecified atom stereocenters. The van der Waals surface area contributed by atoms with E-state index in [2.05, 4.69) is 9.98 Å². The maximum Gasteiger partial charge on any atom is 0.326 e. The molecule has 0 bridgehead atoms. The van der Waals surface area contributed by atoms with Crippen LogP contribution in [0.4, 0.5) is 5.82 Å². The van der Waals surface area contributed by atoms with E-state index in [1.54, 1.807) is 39.0 Å². The number of guanidine groups is 1. The molecule has 9 heteroatoms. The van der Waals surface area contributed by atoms with Crippen LogP contribution in [0.25, 0.3) is 10.8 Å². The lowest BCUT2D eigenvalue weighted by molar-refractivity contribution is -0.155. The maximum atomic E-state index is 13.5. The molecule has 4 N–H and O–H groups in total. The van der Waals surface area contributed by atoms with Crippen LogP contribution in [0, 0.1) is 0 Å². The molecular weight excluding hydrogens is 442 g/mol.